The van der Waals surface area contributed by atoms with E-state index in [2.05, 4.69) is 11.8 Å². The normalized spacial score (nSPS) is 10.9. The van der Waals surface area contributed by atoms with Crippen LogP contribution < -0.4 is 0 Å². The summed E-state index contributed by atoms with van der Waals surface area (Å²) in [6.45, 7) is 1.86. The van der Waals surface area contributed by atoms with E-state index in [-0.39, 0.29) is 0 Å². The van der Waals surface area contributed by atoms with E-state index in [1.807, 2.05) is 43.3 Å². The molecule has 0 amide bonds. The second kappa shape index (κ2) is 6.39. The van der Waals surface area contributed by atoms with Crippen LogP contribution in [0, 0.1) is 11.8 Å². The molecule has 0 unspecified atom stereocenters. The number of hydrogen-bond donors (Lipinski definition) is 0. The lowest BCUT2D eigenvalue weighted by Gasteiger charge is -1.85. The number of carbonyl (C=O) groups is 1. The van der Waals surface area contributed by atoms with Crippen LogP contribution in [0.15, 0.2) is 54.1 Å². The van der Waals surface area contributed by atoms with E-state index < -0.39 is 0 Å². The number of rotatable bonds is 2. The van der Waals surface area contributed by atoms with Crippen molar-refractivity contribution in [3.8, 4) is 11.8 Å². The van der Waals surface area contributed by atoms with Gasteiger partial charge in [0.15, 0.2) is 0 Å². The van der Waals surface area contributed by atoms with Crippen molar-refractivity contribution in [2.45, 2.75) is 6.92 Å². The molecule has 1 heteroatoms. The summed E-state index contributed by atoms with van der Waals surface area (Å²) in [5, 5.41) is 0. The van der Waals surface area contributed by atoms with Crippen LogP contribution in [0.5, 0.6) is 0 Å². The van der Waals surface area contributed by atoms with Gasteiger partial charge in [0, 0.05) is 5.56 Å². The van der Waals surface area contributed by atoms with Crippen molar-refractivity contribution >= 4 is 6.29 Å². The minimum atomic E-state index is 0.768. The van der Waals surface area contributed by atoms with Gasteiger partial charge < -0.3 is 0 Å². The van der Waals surface area contributed by atoms with Gasteiger partial charge in [0.05, 0.1) is 0 Å². The molecule has 0 aromatic heterocycles. The summed E-state index contributed by atoms with van der Waals surface area (Å²) in [6.07, 6.45) is 5.82. The minimum absolute atomic E-state index is 0.768. The molecule has 0 N–H and O–H groups in total. The van der Waals surface area contributed by atoms with Gasteiger partial charge in [0.2, 0.25) is 0 Å². The Morgan fingerprint density at radius 1 is 1.27 bits per heavy atom. The molecule has 0 radical (unpaired) electrons. The lowest BCUT2D eigenvalue weighted by molar-refractivity contribution is -0.104. The first kappa shape index (κ1) is 11.0. The van der Waals surface area contributed by atoms with E-state index in [1.54, 1.807) is 6.08 Å². The molecule has 0 heterocycles. The lowest BCUT2D eigenvalue weighted by atomic mass is 10.2. The van der Waals surface area contributed by atoms with Gasteiger partial charge in [0.25, 0.3) is 0 Å². The van der Waals surface area contributed by atoms with Crippen molar-refractivity contribution in [3.63, 3.8) is 0 Å². The Hall–Kier alpha value is -2.07. The summed E-state index contributed by atoms with van der Waals surface area (Å²) in [5.74, 6) is 5.89. The summed E-state index contributed by atoms with van der Waals surface area (Å²) in [7, 11) is 0. The predicted octanol–water partition coefficient (Wildman–Crippen LogP) is 2.74. The molecule has 74 valence electrons. The smallest absolute Gasteiger partial charge is 0.143 e. The van der Waals surface area contributed by atoms with Gasteiger partial charge in [-0.05, 0) is 36.8 Å². The summed E-state index contributed by atoms with van der Waals surface area (Å²) < 4.78 is 0. The average Bonchev–Trinajstić information content (AvgIpc) is 2.26. The first-order valence-corrected chi connectivity index (χ1v) is 4.68. The zero-order valence-electron chi connectivity index (χ0n) is 8.60. The molecule has 0 saturated heterocycles. The van der Waals surface area contributed by atoms with Crippen LogP contribution in [0.3, 0.4) is 0 Å². The fourth-order valence-electron chi connectivity index (χ4n) is 0.982. The molecular formula is C14H12O. The summed E-state index contributed by atoms with van der Waals surface area (Å²) in [4.78, 5) is 10.1. The highest BCUT2D eigenvalue weighted by Crippen LogP contribution is 1.95. The van der Waals surface area contributed by atoms with E-state index in [0.29, 0.717) is 0 Å². The molecule has 0 fully saturated rings. The highest BCUT2D eigenvalue weighted by Gasteiger charge is 1.80. The summed E-state index contributed by atoms with van der Waals surface area (Å²) in [5.41, 5.74) is 1.88. The molecular weight excluding hydrogens is 184 g/mol. The van der Waals surface area contributed by atoms with Gasteiger partial charge >= 0.3 is 0 Å². The van der Waals surface area contributed by atoms with E-state index in [0.717, 1.165) is 17.4 Å². The number of benzene rings is 1. The molecule has 0 aliphatic rings. The molecule has 0 atom stereocenters. The Bertz CT molecular complexity index is 427. The van der Waals surface area contributed by atoms with Crippen LogP contribution in [0.2, 0.25) is 0 Å². The highest BCUT2D eigenvalue weighted by molar-refractivity contribution is 5.67. The zero-order valence-corrected chi connectivity index (χ0v) is 8.60. The molecule has 0 bridgehead atoms. The van der Waals surface area contributed by atoms with Crippen LogP contribution in [0.25, 0.3) is 0 Å². The maximum Gasteiger partial charge on any atom is 0.143 e. The maximum absolute atomic E-state index is 10.1. The molecule has 1 aromatic carbocycles. The van der Waals surface area contributed by atoms with E-state index in [1.165, 1.54) is 6.08 Å². The van der Waals surface area contributed by atoms with E-state index in [4.69, 9.17) is 0 Å². The quantitative estimate of drug-likeness (QED) is 0.307. The fourth-order valence-corrected chi connectivity index (χ4v) is 0.982. The minimum Gasteiger partial charge on any atom is -0.299 e. The van der Waals surface area contributed by atoms with E-state index >= 15 is 0 Å². The third-order valence-electron chi connectivity index (χ3n) is 1.75. The van der Waals surface area contributed by atoms with Crippen LogP contribution >= 0.6 is 0 Å². The third-order valence-corrected chi connectivity index (χ3v) is 1.75. The lowest BCUT2D eigenvalue weighted by Crippen LogP contribution is -1.70. The predicted molar refractivity (Wildman–Crippen MR) is 62.3 cm³/mol. The number of aldehydes is 1. The van der Waals surface area contributed by atoms with E-state index in [9.17, 15) is 4.79 Å². The van der Waals surface area contributed by atoms with Gasteiger partial charge in [-0.3, -0.25) is 4.79 Å². The highest BCUT2D eigenvalue weighted by atomic mass is 16.1. The summed E-state index contributed by atoms with van der Waals surface area (Å²) >= 11 is 0. The van der Waals surface area contributed by atoms with Gasteiger partial charge in [0.1, 0.15) is 6.29 Å². The standard InChI is InChI=1S/C14H12O/c1-13(11-12-15)7-5-6-10-14-8-3-2-4-9-14/h2-5,7-9,11-12H,1H3/b7-5+,13-11-. The second-order valence-corrected chi connectivity index (χ2v) is 3.02. The molecule has 0 saturated carbocycles. The van der Waals surface area contributed by atoms with Gasteiger partial charge in [-0.15, -0.1) is 0 Å². The molecule has 15 heavy (non-hydrogen) atoms. The van der Waals surface area contributed by atoms with Crippen molar-refractivity contribution in [1.82, 2.24) is 0 Å². The van der Waals surface area contributed by atoms with Gasteiger partial charge in [-0.1, -0.05) is 36.1 Å². The van der Waals surface area contributed by atoms with Crippen molar-refractivity contribution in [2.24, 2.45) is 0 Å². The molecule has 1 aromatic rings. The van der Waals surface area contributed by atoms with Gasteiger partial charge in [-0.25, -0.2) is 0 Å². The Morgan fingerprint density at radius 3 is 2.67 bits per heavy atom. The topological polar surface area (TPSA) is 17.1 Å². The third kappa shape index (κ3) is 4.64. The van der Waals surface area contributed by atoms with Crippen LogP contribution in [0.1, 0.15) is 12.5 Å². The van der Waals surface area contributed by atoms with Gasteiger partial charge in [-0.2, -0.15) is 0 Å². The molecule has 0 aliphatic heterocycles. The largest absolute Gasteiger partial charge is 0.299 e. The molecule has 1 rings (SSSR count). The Balaban J connectivity index is 2.61. The van der Waals surface area contributed by atoms with Crippen molar-refractivity contribution in [1.29, 1.82) is 0 Å². The number of allylic oxidation sites excluding steroid dienone is 4. The van der Waals surface area contributed by atoms with Crippen LogP contribution in [-0.4, -0.2) is 6.29 Å². The Kier molecular flexibility index (Phi) is 4.69. The maximum atomic E-state index is 10.1. The summed E-state index contributed by atoms with van der Waals surface area (Å²) in [6, 6.07) is 9.76. The molecule has 0 spiro atoms. The van der Waals surface area contributed by atoms with Crippen molar-refractivity contribution < 1.29 is 4.79 Å². The van der Waals surface area contributed by atoms with Crippen molar-refractivity contribution in [3.05, 3.63) is 59.7 Å². The molecule has 1 nitrogen and oxygen atoms in total. The first-order valence-electron chi connectivity index (χ1n) is 4.68. The zero-order chi connectivity index (χ0) is 10.9. The Morgan fingerprint density at radius 2 is 2.00 bits per heavy atom. The van der Waals surface area contributed by atoms with Crippen molar-refractivity contribution in [2.75, 3.05) is 0 Å². The van der Waals surface area contributed by atoms with Crippen LogP contribution in [-0.2, 0) is 4.79 Å². The van der Waals surface area contributed by atoms with Crippen LogP contribution in [0.4, 0.5) is 0 Å². The molecule has 0 aliphatic carbocycles. The number of hydrogen-bond acceptors (Lipinski definition) is 1. The monoisotopic (exact) mass is 196 g/mol. The number of carbonyl (C=O) groups excluding carboxylic acids is 1. The Labute approximate surface area is 90.1 Å². The second-order valence-electron chi connectivity index (χ2n) is 3.02. The fraction of sp³-hybridized carbons (Fsp3) is 0.0714. The SMILES string of the molecule is CC(=C/C=O)/C=C/C#Cc1ccccc1. The first-order chi connectivity index (χ1) is 7.33. The average molecular weight is 196 g/mol.